The number of phenols is 1. The lowest BCUT2D eigenvalue weighted by Crippen LogP contribution is -2.00. The molecule has 0 spiro atoms. The molecule has 0 saturated carbocycles. The molecule has 20 heavy (non-hydrogen) atoms. The van der Waals surface area contributed by atoms with Gasteiger partial charge in [0.25, 0.3) is 0 Å². The lowest BCUT2D eigenvalue weighted by molar-refractivity contribution is 0.469. The van der Waals surface area contributed by atoms with Crippen molar-refractivity contribution in [3.05, 3.63) is 58.6 Å². The molecule has 0 bridgehead atoms. The Bertz CT molecular complexity index is 566. The van der Waals surface area contributed by atoms with E-state index in [4.69, 9.17) is 11.6 Å². The van der Waals surface area contributed by atoms with Crippen LogP contribution < -0.4 is 5.32 Å². The summed E-state index contributed by atoms with van der Waals surface area (Å²) in [6, 6.07) is 13.8. The fraction of sp³-hybridized carbons (Fsp3) is 0.294. The van der Waals surface area contributed by atoms with E-state index < -0.39 is 0 Å². The number of benzene rings is 2. The molecule has 0 amide bonds. The van der Waals surface area contributed by atoms with Crippen LogP contribution in [0.15, 0.2) is 42.5 Å². The van der Waals surface area contributed by atoms with Gasteiger partial charge in [0, 0.05) is 17.8 Å². The Morgan fingerprint density at radius 2 is 1.85 bits per heavy atom. The number of phenolic OH excluding ortho intramolecular Hbond substituents is 1. The summed E-state index contributed by atoms with van der Waals surface area (Å²) < 4.78 is 0. The minimum atomic E-state index is 0.151. The largest absolute Gasteiger partial charge is 0.506 e. The number of para-hydroxylation sites is 1. The van der Waals surface area contributed by atoms with E-state index in [9.17, 15) is 5.11 Å². The number of aromatic hydroxyl groups is 1. The van der Waals surface area contributed by atoms with Crippen molar-refractivity contribution in [3.63, 3.8) is 0 Å². The molecule has 0 aliphatic carbocycles. The molecule has 0 saturated heterocycles. The maximum Gasteiger partial charge on any atom is 0.139 e. The lowest BCUT2D eigenvalue weighted by Gasteiger charge is -2.12. The van der Waals surface area contributed by atoms with Crippen molar-refractivity contribution >= 4 is 17.3 Å². The Balaban J connectivity index is 2.02. The highest BCUT2D eigenvalue weighted by atomic mass is 35.5. The van der Waals surface area contributed by atoms with Crippen LogP contribution in [0, 0.1) is 0 Å². The Hall–Kier alpha value is -1.67. The van der Waals surface area contributed by atoms with E-state index in [1.807, 2.05) is 12.1 Å². The number of hydrogen-bond donors (Lipinski definition) is 2. The average Bonchev–Trinajstić information content (AvgIpc) is 2.48. The van der Waals surface area contributed by atoms with Gasteiger partial charge in [-0.1, -0.05) is 49.7 Å². The maximum atomic E-state index is 9.85. The van der Waals surface area contributed by atoms with Gasteiger partial charge in [-0.3, -0.25) is 0 Å². The van der Waals surface area contributed by atoms with E-state index in [0.29, 0.717) is 17.5 Å². The van der Waals surface area contributed by atoms with Crippen molar-refractivity contribution in [3.8, 4) is 5.75 Å². The Morgan fingerprint density at radius 3 is 2.50 bits per heavy atom. The zero-order valence-corrected chi connectivity index (χ0v) is 12.6. The molecule has 2 nitrogen and oxygen atoms in total. The molecule has 0 radical (unpaired) electrons. The Morgan fingerprint density at radius 1 is 1.15 bits per heavy atom. The molecule has 0 aromatic heterocycles. The zero-order chi connectivity index (χ0) is 14.5. The zero-order valence-electron chi connectivity index (χ0n) is 11.9. The molecule has 2 rings (SSSR count). The van der Waals surface area contributed by atoms with Gasteiger partial charge in [0.1, 0.15) is 5.75 Å². The molecule has 0 aliphatic heterocycles. The summed E-state index contributed by atoms with van der Waals surface area (Å²) in [5.74, 6) is 0.735. The Kier molecular flexibility index (Phi) is 4.91. The standard InChI is InChI=1S/C17H20ClNO/c1-3-12(2)13-7-9-15(10-8-13)19-11-14-5-4-6-16(18)17(14)20/h4-10,12,19-20H,3,11H2,1-2H3. The molecule has 2 aromatic carbocycles. The van der Waals surface area contributed by atoms with E-state index in [2.05, 4.69) is 43.4 Å². The Labute approximate surface area is 125 Å². The number of nitrogens with one attached hydrogen (secondary N) is 1. The van der Waals surface area contributed by atoms with Crippen molar-refractivity contribution in [1.82, 2.24) is 0 Å². The first-order chi connectivity index (χ1) is 9.61. The highest BCUT2D eigenvalue weighted by molar-refractivity contribution is 6.32. The van der Waals surface area contributed by atoms with Gasteiger partial charge in [0.15, 0.2) is 0 Å². The quantitative estimate of drug-likeness (QED) is 0.796. The second-order valence-corrected chi connectivity index (χ2v) is 5.44. The predicted molar refractivity (Wildman–Crippen MR) is 85.6 cm³/mol. The first-order valence-electron chi connectivity index (χ1n) is 6.92. The molecular weight excluding hydrogens is 270 g/mol. The van der Waals surface area contributed by atoms with Crippen molar-refractivity contribution in [2.45, 2.75) is 32.7 Å². The molecule has 0 heterocycles. The number of rotatable bonds is 5. The lowest BCUT2D eigenvalue weighted by atomic mass is 9.98. The second kappa shape index (κ2) is 6.67. The van der Waals surface area contributed by atoms with Crippen LogP contribution >= 0.6 is 11.6 Å². The van der Waals surface area contributed by atoms with Gasteiger partial charge in [-0.2, -0.15) is 0 Å². The third-order valence-corrected chi connectivity index (χ3v) is 3.95. The maximum absolute atomic E-state index is 9.85. The van der Waals surface area contributed by atoms with Crippen molar-refractivity contribution in [2.75, 3.05) is 5.32 Å². The van der Waals surface area contributed by atoms with Crippen molar-refractivity contribution in [1.29, 1.82) is 0 Å². The third-order valence-electron chi connectivity index (χ3n) is 3.65. The minimum Gasteiger partial charge on any atom is -0.506 e. The van der Waals surface area contributed by atoms with Crippen LogP contribution in [0.1, 0.15) is 37.3 Å². The summed E-state index contributed by atoms with van der Waals surface area (Å²) in [6.07, 6.45) is 1.14. The molecule has 2 aromatic rings. The predicted octanol–water partition coefficient (Wildman–Crippen LogP) is 5.17. The van der Waals surface area contributed by atoms with Crippen LogP contribution in [-0.2, 0) is 6.54 Å². The van der Waals surface area contributed by atoms with Gasteiger partial charge < -0.3 is 10.4 Å². The van der Waals surface area contributed by atoms with Gasteiger partial charge in [-0.05, 0) is 36.1 Å². The highest BCUT2D eigenvalue weighted by Crippen LogP contribution is 2.27. The normalized spacial score (nSPS) is 12.2. The summed E-state index contributed by atoms with van der Waals surface area (Å²) in [6.45, 7) is 4.97. The van der Waals surface area contributed by atoms with E-state index in [1.165, 1.54) is 5.56 Å². The number of hydrogen-bond acceptors (Lipinski definition) is 2. The van der Waals surface area contributed by atoms with Crippen molar-refractivity contribution in [2.24, 2.45) is 0 Å². The molecular formula is C17H20ClNO. The van der Waals surface area contributed by atoms with E-state index in [1.54, 1.807) is 6.07 Å². The summed E-state index contributed by atoms with van der Waals surface area (Å²) in [5.41, 5.74) is 3.18. The summed E-state index contributed by atoms with van der Waals surface area (Å²) in [7, 11) is 0. The topological polar surface area (TPSA) is 32.3 Å². The summed E-state index contributed by atoms with van der Waals surface area (Å²) >= 11 is 5.89. The smallest absolute Gasteiger partial charge is 0.139 e. The number of anilines is 1. The van der Waals surface area contributed by atoms with Gasteiger partial charge in [-0.15, -0.1) is 0 Å². The summed E-state index contributed by atoms with van der Waals surface area (Å²) in [5, 5.41) is 13.5. The van der Waals surface area contributed by atoms with Crippen LogP contribution in [0.3, 0.4) is 0 Å². The number of halogens is 1. The average molecular weight is 290 g/mol. The van der Waals surface area contributed by atoms with Gasteiger partial charge in [-0.25, -0.2) is 0 Å². The van der Waals surface area contributed by atoms with Crippen LogP contribution in [-0.4, -0.2) is 5.11 Å². The highest BCUT2D eigenvalue weighted by Gasteiger charge is 2.05. The van der Waals surface area contributed by atoms with Crippen molar-refractivity contribution < 1.29 is 5.11 Å². The van der Waals surface area contributed by atoms with E-state index in [0.717, 1.165) is 17.7 Å². The van der Waals surface area contributed by atoms with Gasteiger partial charge >= 0.3 is 0 Å². The van der Waals surface area contributed by atoms with Crippen LogP contribution in [0.2, 0.25) is 5.02 Å². The minimum absolute atomic E-state index is 0.151. The summed E-state index contributed by atoms with van der Waals surface area (Å²) in [4.78, 5) is 0. The third kappa shape index (κ3) is 3.45. The first kappa shape index (κ1) is 14.7. The van der Waals surface area contributed by atoms with E-state index >= 15 is 0 Å². The molecule has 0 aliphatic rings. The molecule has 1 unspecified atom stereocenters. The monoisotopic (exact) mass is 289 g/mol. The van der Waals surface area contributed by atoms with Crippen LogP contribution in [0.5, 0.6) is 5.75 Å². The molecule has 2 N–H and O–H groups in total. The molecule has 1 atom stereocenters. The molecule has 0 fully saturated rings. The van der Waals surface area contributed by atoms with Gasteiger partial charge in [0.2, 0.25) is 0 Å². The fourth-order valence-electron chi connectivity index (χ4n) is 2.07. The molecule has 106 valence electrons. The van der Waals surface area contributed by atoms with E-state index in [-0.39, 0.29) is 5.75 Å². The van der Waals surface area contributed by atoms with Gasteiger partial charge in [0.05, 0.1) is 5.02 Å². The molecule has 3 heteroatoms. The first-order valence-corrected chi connectivity index (χ1v) is 7.29. The fourth-order valence-corrected chi connectivity index (χ4v) is 2.26. The second-order valence-electron chi connectivity index (χ2n) is 5.03. The van der Waals surface area contributed by atoms with Crippen LogP contribution in [0.4, 0.5) is 5.69 Å². The SMILES string of the molecule is CCC(C)c1ccc(NCc2cccc(Cl)c2O)cc1. The van der Waals surface area contributed by atoms with Crippen LogP contribution in [0.25, 0.3) is 0 Å².